The highest BCUT2D eigenvalue weighted by Crippen LogP contribution is 2.23. The second-order valence-corrected chi connectivity index (χ2v) is 4.24. The molecule has 0 bridgehead atoms. The lowest BCUT2D eigenvalue weighted by Gasteiger charge is -2.19. The van der Waals surface area contributed by atoms with Crippen LogP contribution in [0.5, 0.6) is 0 Å². The Morgan fingerprint density at radius 2 is 2.18 bits per heavy atom. The number of pyridine rings is 1. The van der Waals surface area contributed by atoms with Crippen LogP contribution in [0.3, 0.4) is 0 Å². The van der Waals surface area contributed by atoms with Gasteiger partial charge in [-0.3, -0.25) is 4.98 Å². The van der Waals surface area contributed by atoms with Gasteiger partial charge in [0, 0.05) is 30.4 Å². The Morgan fingerprint density at radius 3 is 2.94 bits per heavy atom. The lowest BCUT2D eigenvalue weighted by molar-refractivity contribution is 0.393. The summed E-state index contributed by atoms with van der Waals surface area (Å²) < 4.78 is 5.29. The molecule has 0 spiro atoms. The standard InChI is InChI=1S/C12H14N4O/c1-2-10(8-14-5-1)11-15-12(17-16-11)9-3-6-13-7-4-9/h3-4,6-7,10,14H,1-2,5,8H2/t10-/m1/s1. The molecule has 88 valence electrons. The molecule has 2 aromatic heterocycles. The highest BCUT2D eigenvalue weighted by molar-refractivity contribution is 5.51. The summed E-state index contributed by atoms with van der Waals surface area (Å²) in [5.41, 5.74) is 0.919. The first-order valence-corrected chi connectivity index (χ1v) is 5.88. The van der Waals surface area contributed by atoms with Crippen molar-refractivity contribution in [3.05, 3.63) is 30.4 Å². The van der Waals surface area contributed by atoms with E-state index in [0.717, 1.165) is 30.9 Å². The fourth-order valence-electron chi connectivity index (χ4n) is 2.08. The van der Waals surface area contributed by atoms with Crippen LogP contribution in [0.25, 0.3) is 11.5 Å². The summed E-state index contributed by atoms with van der Waals surface area (Å²) in [6.07, 6.45) is 5.74. The van der Waals surface area contributed by atoms with Crippen molar-refractivity contribution in [1.29, 1.82) is 0 Å². The first-order valence-electron chi connectivity index (χ1n) is 5.88. The maximum Gasteiger partial charge on any atom is 0.258 e. The summed E-state index contributed by atoms with van der Waals surface area (Å²) in [5.74, 6) is 1.76. The predicted molar refractivity (Wildman–Crippen MR) is 62.4 cm³/mol. The van der Waals surface area contributed by atoms with Crippen molar-refractivity contribution in [2.45, 2.75) is 18.8 Å². The summed E-state index contributed by atoms with van der Waals surface area (Å²) in [4.78, 5) is 8.43. The molecule has 1 aliphatic rings. The molecule has 1 saturated heterocycles. The van der Waals surface area contributed by atoms with Crippen LogP contribution in [0.2, 0.25) is 0 Å². The van der Waals surface area contributed by atoms with Crippen LogP contribution in [0.1, 0.15) is 24.6 Å². The molecule has 1 N–H and O–H groups in total. The van der Waals surface area contributed by atoms with Crippen LogP contribution in [-0.4, -0.2) is 28.2 Å². The smallest absolute Gasteiger partial charge is 0.258 e. The fourth-order valence-corrected chi connectivity index (χ4v) is 2.08. The Bertz CT molecular complexity index is 476. The molecule has 0 unspecified atom stereocenters. The van der Waals surface area contributed by atoms with Gasteiger partial charge in [0.05, 0.1) is 0 Å². The predicted octanol–water partition coefficient (Wildman–Crippen LogP) is 1.60. The van der Waals surface area contributed by atoms with Crippen LogP contribution < -0.4 is 5.32 Å². The quantitative estimate of drug-likeness (QED) is 0.849. The number of rotatable bonds is 2. The third-order valence-electron chi connectivity index (χ3n) is 3.03. The van der Waals surface area contributed by atoms with Crippen LogP contribution >= 0.6 is 0 Å². The summed E-state index contributed by atoms with van der Waals surface area (Å²) in [5, 5.41) is 7.42. The third kappa shape index (κ3) is 2.19. The highest BCUT2D eigenvalue weighted by atomic mass is 16.5. The molecule has 1 atom stereocenters. The number of hydrogen-bond acceptors (Lipinski definition) is 5. The van der Waals surface area contributed by atoms with Crippen LogP contribution in [0, 0.1) is 0 Å². The number of piperidine rings is 1. The van der Waals surface area contributed by atoms with E-state index in [2.05, 4.69) is 20.4 Å². The van der Waals surface area contributed by atoms with E-state index in [1.807, 2.05) is 12.1 Å². The second-order valence-electron chi connectivity index (χ2n) is 4.24. The summed E-state index contributed by atoms with van der Waals surface area (Å²) in [6, 6.07) is 3.74. The second kappa shape index (κ2) is 4.63. The van der Waals surface area contributed by atoms with Gasteiger partial charge in [-0.15, -0.1) is 0 Å². The Kier molecular flexibility index (Phi) is 2.83. The van der Waals surface area contributed by atoms with E-state index in [-0.39, 0.29) is 0 Å². The maximum atomic E-state index is 5.29. The monoisotopic (exact) mass is 230 g/mol. The molecular weight excluding hydrogens is 216 g/mol. The van der Waals surface area contributed by atoms with Gasteiger partial charge in [0.1, 0.15) is 0 Å². The molecule has 5 heteroatoms. The van der Waals surface area contributed by atoms with Crippen molar-refractivity contribution < 1.29 is 4.52 Å². The summed E-state index contributed by atoms with van der Waals surface area (Å²) in [7, 11) is 0. The van der Waals surface area contributed by atoms with E-state index in [4.69, 9.17) is 4.52 Å². The number of hydrogen-bond donors (Lipinski definition) is 1. The topological polar surface area (TPSA) is 63.8 Å². The third-order valence-corrected chi connectivity index (χ3v) is 3.03. The first-order chi connectivity index (χ1) is 8.43. The molecule has 1 aliphatic heterocycles. The van der Waals surface area contributed by atoms with Gasteiger partial charge in [0.25, 0.3) is 5.89 Å². The lowest BCUT2D eigenvalue weighted by Crippen LogP contribution is -2.28. The van der Waals surface area contributed by atoms with E-state index in [1.54, 1.807) is 12.4 Å². The van der Waals surface area contributed by atoms with Crippen molar-refractivity contribution in [3.8, 4) is 11.5 Å². The normalized spacial score (nSPS) is 20.4. The van der Waals surface area contributed by atoms with Gasteiger partial charge in [-0.2, -0.15) is 4.98 Å². The maximum absolute atomic E-state index is 5.29. The molecule has 1 fully saturated rings. The van der Waals surface area contributed by atoms with E-state index in [0.29, 0.717) is 11.8 Å². The first kappa shape index (κ1) is 10.4. The summed E-state index contributed by atoms with van der Waals surface area (Å²) in [6.45, 7) is 2.03. The molecule has 2 aromatic rings. The molecule has 0 aliphatic carbocycles. The molecule has 3 rings (SSSR count). The molecule has 0 saturated carbocycles. The van der Waals surface area contributed by atoms with E-state index in [9.17, 15) is 0 Å². The van der Waals surface area contributed by atoms with Crippen molar-refractivity contribution in [2.24, 2.45) is 0 Å². The number of nitrogens with one attached hydrogen (secondary N) is 1. The molecule has 0 amide bonds. The molecule has 0 aromatic carbocycles. The van der Waals surface area contributed by atoms with Gasteiger partial charge in [0.2, 0.25) is 0 Å². The van der Waals surface area contributed by atoms with Crippen LogP contribution in [-0.2, 0) is 0 Å². The van der Waals surface area contributed by atoms with Gasteiger partial charge < -0.3 is 9.84 Å². The average molecular weight is 230 g/mol. The zero-order chi connectivity index (χ0) is 11.5. The largest absolute Gasteiger partial charge is 0.334 e. The average Bonchev–Trinajstić information content (AvgIpc) is 2.90. The van der Waals surface area contributed by atoms with Gasteiger partial charge in [-0.05, 0) is 31.5 Å². The zero-order valence-corrected chi connectivity index (χ0v) is 9.47. The van der Waals surface area contributed by atoms with Crippen molar-refractivity contribution in [1.82, 2.24) is 20.4 Å². The van der Waals surface area contributed by atoms with Crippen molar-refractivity contribution in [2.75, 3.05) is 13.1 Å². The highest BCUT2D eigenvalue weighted by Gasteiger charge is 2.20. The summed E-state index contributed by atoms with van der Waals surface area (Å²) >= 11 is 0. The van der Waals surface area contributed by atoms with Gasteiger partial charge in [-0.1, -0.05) is 5.16 Å². The van der Waals surface area contributed by atoms with Gasteiger partial charge in [-0.25, -0.2) is 0 Å². The molecule has 0 radical (unpaired) electrons. The van der Waals surface area contributed by atoms with Gasteiger partial charge in [0.15, 0.2) is 5.82 Å². The van der Waals surface area contributed by atoms with E-state index >= 15 is 0 Å². The van der Waals surface area contributed by atoms with Crippen molar-refractivity contribution >= 4 is 0 Å². The lowest BCUT2D eigenvalue weighted by atomic mass is 9.99. The van der Waals surface area contributed by atoms with Crippen molar-refractivity contribution in [3.63, 3.8) is 0 Å². The van der Waals surface area contributed by atoms with E-state index < -0.39 is 0 Å². The van der Waals surface area contributed by atoms with E-state index in [1.165, 1.54) is 6.42 Å². The molecule has 5 nitrogen and oxygen atoms in total. The minimum Gasteiger partial charge on any atom is -0.334 e. The Hall–Kier alpha value is -1.75. The number of nitrogens with zero attached hydrogens (tertiary/aromatic N) is 3. The molecule has 3 heterocycles. The SMILES string of the molecule is c1cc(-c2nc([C@@H]3CCCNC3)no2)ccn1. The molecular formula is C12H14N4O. The van der Waals surface area contributed by atoms with Crippen LogP contribution in [0.15, 0.2) is 29.0 Å². The van der Waals surface area contributed by atoms with Crippen LogP contribution in [0.4, 0.5) is 0 Å². The fraction of sp³-hybridized carbons (Fsp3) is 0.417. The minimum atomic E-state index is 0.378. The minimum absolute atomic E-state index is 0.378. The Balaban J connectivity index is 1.83. The Morgan fingerprint density at radius 1 is 1.29 bits per heavy atom. The number of aromatic nitrogens is 3. The Labute approximate surface area is 99.3 Å². The molecule has 17 heavy (non-hydrogen) atoms. The zero-order valence-electron chi connectivity index (χ0n) is 9.47. The van der Waals surface area contributed by atoms with Gasteiger partial charge >= 0.3 is 0 Å².